The smallest absolute Gasteiger partial charge is 0.0771 e. The van der Waals surface area contributed by atoms with Crippen molar-refractivity contribution in [3.63, 3.8) is 0 Å². The Bertz CT molecular complexity index is 772. The molecule has 0 unspecified atom stereocenters. The second kappa shape index (κ2) is 7.70. The summed E-state index contributed by atoms with van der Waals surface area (Å²) in [6.07, 6.45) is 14.9. The van der Waals surface area contributed by atoms with Crippen LogP contribution in [0.25, 0.3) is 0 Å². The first-order chi connectivity index (χ1) is 14.7. The number of aliphatic hydroxyl groups excluding tert-OH is 1. The van der Waals surface area contributed by atoms with Crippen molar-refractivity contribution in [2.24, 2.45) is 45.3 Å². The van der Waals surface area contributed by atoms with Crippen LogP contribution in [-0.4, -0.2) is 21.9 Å². The monoisotopic (exact) mass is 442 g/mol. The average Bonchev–Trinajstić information content (AvgIpc) is 3.03. The molecule has 0 heterocycles. The molecule has 0 saturated heterocycles. The summed E-state index contributed by atoms with van der Waals surface area (Å²) in [5.74, 6) is 2.77. The van der Waals surface area contributed by atoms with Gasteiger partial charge in [0.05, 0.1) is 11.7 Å². The lowest BCUT2D eigenvalue weighted by Gasteiger charge is -2.69. The minimum Gasteiger partial charge on any atom is -0.393 e. The first kappa shape index (κ1) is 24.5. The molecule has 32 heavy (non-hydrogen) atoms. The third-order valence-electron chi connectivity index (χ3n) is 11.8. The van der Waals surface area contributed by atoms with E-state index in [9.17, 15) is 10.2 Å². The number of hydrogen-bond acceptors (Lipinski definition) is 2. The summed E-state index contributed by atoms with van der Waals surface area (Å²) in [5.41, 5.74) is 1.79. The summed E-state index contributed by atoms with van der Waals surface area (Å²) in [7, 11) is 0. The number of rotatable bonds is 4. The van der Waals surface area contributed by atoms with Gasteiger partial charge in [0.2, 0.25) is 0 Å². The van der Waals surface area contributed by atoms with Crippen LogP contribution in [0, 0.1) is 45.3 Å². The summed E-state index contributed by atoms with van der Waals surface area (Å²) in [4.78, 5) is 0. The van der Waals surface area contributed by atoms with Gasteiger partial charge in [-0.1, -0.05) is 58.9 Å². The number of allylic oxidation sites excluding steroid dienone is 2. The molecule has 4 fully saturated rings. The second-order valence-corrected chi connectivity index (χ2v) is 14.1. The van der Waals surface area contributed by atoms with Gasteiger partial charge in [-0.2, -0.15) is 0 Å². The molecule has 182 valence electrons. The highest BCUT2D eigenvalue weighted by atomic mass is 16.3. The molecule has 0 spiro atoms. The molecule has 2 N–H and O–H groups in total. The standard InChI is InChI=1S/C30H50O2/c1-20(10-9-16-26(2,3)32)21-13-18-29(7)22(21)11-12-24-28(6)17-15-25(31)27(4,5)23(28)14-19-30(24,29)8/h9,16,21-25,31-32H,1,10-15,17-19H2,2-8H3/b16-9+/t21-,22-,23+,24-,25+,28+,29-,30-/m1/s1. The zero-order valence-corrected chi connectivity index (χ0v) is 22.0. The maximum atomic E-state index is 10.8. The van der Waals surface area contributed by atoms with Gasteiger partial charge in [-0.15, -0.1) is 0 Å². The fraction of sp³-hybridized carbons (Fsp3) is 0.867. The van der Waals surface area contributed by atoms with Gasteiger partial charge in [0.25, 0.3) is 0 Å². The predicted octanol–water partition coefficient (Wildman–Crippen LogP) is 7.31. The van der Waals surface area contributed by atoms with E-state index in [0.29, 0.717) is 28.1 Å². The van der Waals surface area contributed by atoms with Crippen molar-refractivity contribution >= 4 is 0 Å². The molecule has 0 aromatic rings. The van der Waals surface area contributed by atoms with Crippen molar-refractivity contribution in [3.05, 3.63) is 24.3 Å². The molecule has 2 heteroatoms. The van der Waals surface area contributed by atoms with Gasteiger partial charge in [0.15, 0.2) is 0 Å². The van der Waals surface area contributed by atoms with Crippen LogP contribution in [0.5, 0.6) is 0 Å². The maximum Gasteiger partial charge on any atom is 0.0771 e. The summed E-state index contributed by atoms with van der Waals surface area (Å²) in [6.45, 7) is 20.8. The van der Waals surface area contributed by atoms with Crippen molar-refractivity contribution in [1.82, 2.24) is 0 Å². The van der Waals surface area contributed by atoms with Gasteiger partial charge in [-0.05, 0) is 117 Å². The third-order valence-corrected chi connectivity index (χ3v) is 11.8. The molecule has 4 aliphatic rings. The molecule has 8 atom stereocenters. The highest BCUT2D eigenvalue weighted by molar-refractivity contribution is 5.21. The van der Waals surface area contributed by atoms with Gasteiger partial charge in [-0.3, -0.25) is 0 Å². The van der Waals surface area contributed by atoms with Crippen molar-refractivity contribution < 1.29 is 10.2 Å². The zero-order valence-electron chi connectivity index (χ0n) is 22.0. The highest BCUT2D eigenvalue weighted by Crippen LogP contribution is 2.75. The topological polar surface area (TPSA) is 40.5 Å². The van der Waals surface area contributed by atoms with Crippen LogP contribution in [0.1, 0.15) is 106 Å². The Morgan fingerprint density at radius 1 is 0.906 bits per heavy atom. The first-order valence-corrected chi connectivity index (χ1v) is 13.4. The van der Waals surface area contributed by atoms with E-state index in [2.05, 4.69) is 47.3 Å². The number of hydrogen-bond donors (Lipinski definition) is 2. The van der Waals surface area contributed by atoms with Crippen molar-refractivity contribution in [2.75, 3.05) is 0 Å². The minimum atomic E-state index is -0.745. The molecule has 0 amide bonds. The van der Waals surface area contributed by atoms with Crippen LogP contribution in [-0.2, 0) is 0 Å². The summed E-state index contributed by atoms with van der Waals surface area (Å²) >= 11 is 0. The third kappa shape index (κ3) is 3.49. The summed E-state index contributed by atoms with van der Waals surface area (Å²) in [5, 5.41) is 20.9. The zero-order chi connectivity index (χ0) is 23.7. The maximum absolute atomic E-state index is 10.8. The molecule has 2 nitrogen and oxygen atoms in total. The lowest BCUT2D eigenvalue weighted by atomic mass is 9.35. The van der Waals surface area contributed by atoms with Crippen molar-refractivity contribution in [2.45, 2.75) is 118 Å². The molecule has 4 rings (SSSR count). The van der Waals surface area contributed by atoms with Crippen LogP contribution >= 0.6 is 0 Å². The van der Waals surface area contributed by atoms with E-state index in [4.69, 9.17) is 0 Å². The Kier molecular flexibility index (Phi) is 5.90. The molecular weight excluding hydrogens is 392 g/mol. The Morgan fingerprint density at radius 3 is 2.22 bits per heavy atom. The van der Waals surface area contributed by atoms with Gasteiger partial charge in [0.1, 0.15) is 0 Å². The van der Waals surface area contributed by atoms with E-state index in [0.717, 1.165) is 24.7 Å². The molecule has 0 aromatic heterocycles. The molecule has 0 bridgehead atoms. The predicted molar refractivity (Wildman–Crippen MR) is 134 cm³/mol. The average molecular weight is 443 g/mol. The summed E-state index contributed by atoms with van der Waals surface area (Å²) in [6, 6.07) is 0. The van der Waals surface area contributed by atoms with E-state index in [1.807, 2.05) is 19.9 Å². The fourth-order valence-electron chi connectivity index (χ4n) is 9.87. The first-order valence-electron chi connectivity index (χ1n) is 13.4. The van der Waals surface area contributed by atoms with E-state index < -0.39 is 5.60 Å². The van der Waals surface area contributed by atoms with Gasteiger partial charge < -0.3 is 10.2 Å². The normalized spacial score (nSPS) is 48.2. The largest absolute Gasteiger partial charge is 0.393 e. The molecule has 0 radical (unpaired) electrons. The van der Waals surface area contributed by atoms with E-state index in [1.165, 1.54) is 50.5 Å². The van der Waals surface area contributed by atoms with E-state index in [-0.39, 0.29) is 11.5 Å². The van der Waals surface area contributed by atoms with Crippen molar-refractivity contribution in [1.29, 1.82) is 0 Å². The molecular formula is C30H50O2. The highest BCUT2D eigenvalue weighted by Gasteiger charge is 2.68. The Hall–Kier alpha value is -0.600. The molecule has 0 aromatic carbocycles. The van der Waals surface area contributed by atoms with Crippen LogP contribution in [0.3, 0.4) is 0 Å². The minimum absolute atomic E-state index is 0.0331. The lowest BCUT2D eigenvalue weighted by Crippen LogP contribution is -2.63. The van der Waals surface area contributed by atoms with E-state index in [1.54, 1.807) is 0 Å². The van der Waals surface area contributed by atoms with Crippen molar-refractivity contribution in [3.8, 4) is 0 Å². The van der Waals surface area contributed by atoms with Crippen LogP contribution in [0.15, 0.2) is 24.3 Å². The van der Waals surface area contributed by atoms with Gasteiger partial charge in [0, 0.05) is 0 Å². The van der Waals surface area contributed by atoms with Crippen LogP contribution in [0.2, 0.25) is 0 Å². The van der Waals surface area contributed by atoms with Crippen LogP contribution in [0.4, 0.5) is 0 Å². The Balaban J connectivity index is 1.58. The van der Waals surface area contributed by atoms with Gasteiger partial charge in [-0.25, -0.2) is 0 Å². The molecule has 0 aliphatic heterocycles. The fourth-order valence-corrected chi connectivity index (χ4v) is 9.87. The number of aliphatic hydroxyl groups is 2. The van der Waals surface area contributed by atoms with Crippen LogP contribution < -0.4 is 0 Å². The number of fused-ring (bicyclic) bond motifs is 5. The lowest BCUT2D eigenvalue weighted by molar-refractivity contribution is -0.220. The SMILES string of the molecule is C=C(C/C=C/C(C)(C)O)[C@H]1CC[C@]2(C)[C@@H]1CC[C@@H]1[C@@]3(C)CC[C@H](O)C(C)(C)[C@@H]3CC[C@]12C. The van der Waals surface area contributed by atoms with E-state index >= 15 is 0 Å². The quantitative estimate of drug-likeness (QED) is 0.448. The summed E-state index contributed by atoms with van der Waals surface area (Å²) < 4.78 is 0. The Morgan fingerprint density at radius 2 is 1.56 bits per heavy atom. The second-order valence-electron chi connectivity index (χ2n) is 14.1. The van der Waals surface area contributed by atoms with Gasteiger partial charge >= 0.3 is 0 Å². The molecule has 4 aliphatic carbocycles. The molecule has 4 saturated carbocycles. The Labute approximate surface area is 198 Å².